The van der Waals surface area contributed by atoms with Crippen molar-refractivity contribution >= 4 is 5.97 Å². The first kappa shape index (κ1) is 13.9. The van der Waals surface area contributed by atoms with Gasteiger partial charge in [-0.25, -0.2) is 0 Å². The fourth-order valence-corrected chi connectivity index (χ4v) is 1.73. The van der Waals surface area contributed by atoms with E-state index in [1.807, 2.05) is 0 Å². The highest BCUT2D eigenvalue weighted by atomic mass is 16.5. The average molecular weight is 278 g/mol. The molecule has 1 aromatic heterocycles. The van der Waals surface area contributed by atoms with Crippen LogP contribution in [0.4, 0.5) is 0 Å². The number of methoxy groups -OCH3 is 2. The van der Waals surface area contributed by atoms with Gasteiger partial charge in [0.25, 0.3) is 5.89 Å². The number of aliphatic carboxylic acids is 1. The second-order valence-corrected chi connectivity index (χ2v) is 3.94. The number of nitrogens with zero attached hydrogens (tertiary/aromatic N) is 2. The van der Waals surface area contributed by atoms with Crippen LogP contribution < -0.4 is 9.47 Å². The quantitative estimate of drug-likeness (QED) is 0.860. The number of ether oxygens (including phenoxy) is 2. The molecule has 0 spiro atoms. The number of carboxylic acid groups (broad SMARTS) is 1. The molecule has 0 bridgehead atoms. The number of aryl methyl sites for hydroxylation is 1. The van der Waals surface area contributed by atoms with Crippen molar-refractivity contribution in [2.24, 2.45) is 0 Å². The van der Waals surface area contributed by atoms with Gasteiger partial charge in [-0.1, -0.05) is 6.07 Å². The molecule has 1 aromatic carbocycles. The summed E-state index contributed by atoms with van der Waals surface area (Å²) in [6, 6.07) is 5.29. The van der Waals surface area contributed by atoms with Crippen LogP contribution >= 0.6 is 0 Å². The Balaban J connectivity index is 2.30. The van der Waals surface area contributed by atoms with E-state index in [4.69, 9.17) is 19.0 Å². The van der Waals surface area contributed by atoms with Gasteiger partial charge in [-0.05, 0) is 12.1 Å². The zero-order valence-corrected chi connectivity index (χ0v) is 11.1. The van der Waals surface area contributed by atoms with Gasteiger partial charge in [0.2, 0.25) is 5.89 Å². The van der Waals surface area contributed by atoms with E-state index in [1.165, 1.54) is 14.2 Å². The number of hydrogen-bond donors (Lipinski definition) is 1. The number of carbonyl (C=O) groups is 1. The number of para-hydroxylation sites is 1. The number of hydrogen-bond acceptors (Lipinski definition) is 6. The van der Waals surface area contributed by atoms with Gasteiger partial charge in [-0.2, -0.15) is 0 Å². The van der Waals surface area contributed by atoms with Crippen molar-refractivity contribution < 1.29 is 23.8 Å². The predicted molar refractivity (Wildman–Crippen MR) is 68.8 cm³/mol. The molecule has 2 rings (SSSR count). The Bertz CT molecular complexity index is 609. The predicted octanol–water partition coefficient (Wildman–Crippen LogP) is 1.77. The summed E-state index contributed by atoms with van der Waals surface area (Å²) in [5, 5.41) is 16.3. The van der Waals surface area contributed by atoms with E-state index < -0.39 is 5.97 Å². The van der Waals surface area contributed by atoms with Crippen molar-refractivity contribution in [2.75, 3.05) is 14.2 Å². The Labute approximate surface area is 115 Å². The van der Waals surface area contributed by atoms with Gasteiger partial charge >= 0.3 is 5.97 Å². The maximum Gasteiger partial charge on any atom is 0.303 e. The highest BCUT2D eigenvalue weighted by molar-refractivity contribution is 5.68. The average Bonchev–Trinajstić information content (AvgIpc) is 2.92. The van der Waals surface area contributed by atoms with Crippen molar-refractivity contribution in [3.63, 3.8) is 0 Å². The van der Waals surface area contributed by atoms with Crippen LogP contribution in [0.1, 0.15) is 12.3 Å². The minimum atomic E-state index is -0.913. The van der Waals surface area contributed by atoms with Crippen LogP contribution in [0.5, 0.6) is 11.5 Å². The summed E-state index contributed by atoms with van der Waals surface area (Å²) in [4.78, 5) is 10.5. The monoisotopic (exact) mass is 278 g/mol. The fraction of sp³-hybridized carbons (Fsp3) is 0.308. The molecule has 0 aliphatic carbocycles. The van der Waals surface area contributed by atoms with Crippen LogP contribution in [0.2, 0.25) is 0 Å². The summed E-state index contributed by atoms with van der Waals surface area (Å²) in [6.07, 6.45) is 0.130. The highest BCUT2D eigenvalue weighted by Crippen LogP contribution is 2.37. The fourth-order valence-electron chi connectivity index (χ4n) is 1.73. The summed E-state index contributed by atoms with van der Waals surface area (Å²) in [5.41, 5.74) is 0.598. The molecule has 106 valence electrons. The van der Waals surface area contributed by atoms with Crippen molar-refractivity contribution in [1.29, 1.82) is 0 Å². The smallest absolute Gasteiger partial charge is 0.303 e. The van der Waals surface area contributed by atoms with Crippen molar-refractivity contribution in [3.05, 3.63) is 24.1 Å². The van der Waals surface area contributed by atoms with E-state index in [9.17, 15) is 4.79 Å². The summed E-state index contributed by atoms with van der Waals surface area (Å²) < 4.78 is 15.9. The van der Waals surface area contributed by atoms with E-state index >= 15 is 0 Å². The van der Waals surface area contributed by atoms with Gasteiger partial charge in [-0.3, -0.25) is 4.79 Å². The Kier molecular flexibility index (Phi) is 4.19. The maximum atomic E-state index is 10.5. The molecule has 7 heteroatoms. The largest absolute Gasteiger partial charge is 0.493 e. The van der Waals surface area contributed by atoms with E-state index in [-0.39, 0.29) is 24.6 Å². The van der Waals surface area contributed by atoms with Crippen LogP contribution in [0, 0.1) is 0 Å². The van der Waals surface area contributed by atoms with Crippen LogP contribution in [0.3, 0.4) is 0 Å². The zero-order chi connectivity index (χ0) is 14.5. The molecule has 0 radical (unpaired) electrons. The molecule has 0 saturated carbocycles. The van der Waals surface area contributed by atoms with Crippen LogP contribution in [0.15, 0.2) is 22.6 Å². The van der Waals surface area contributed by atoms with Gasteiger partial charge in [-0.15, -0.1) is 10.2 Å². The first-order valence-corrected chi connectivity index (χ1v) is 5.91. The SMILES string of the molecule is COc1cccc(-c2nnc(CCC(=O)O)o2)c1OC. The number of benzene rings is 1. The first-order chi connectivity index (χ1) is 9.65. The number of carboxylic acids is 1. The standard InChI is InChI=1S/C13H14N2O5/c1-18-9-5-3-4-8(12(9)19-2)13-15-14-10(20-13)6-7-11(16)17/h3-5H,6-7H2,1-2H3,(H,16,17). The van der Waals surface area contributed by atoms with Crippen molar-refractivity contribution in [3.8, 4) is 23.0 Å². The first-order valence-electron chi connectivity index (χ1n) is 5.91. The highest BCUT2D eigenvalue weighted by Gasteiger charge is 2.17. The maximum absolute atomic E-state index is 10.5. The lowest BCUT2D eigenvalue weighted by atomic mass is 10.2. The summed E-state index contributed by atoms with van der Waals surface area (Å²) in [6.45, 7) is 0. The van der Waals surface area contributed by atoms with E-state index in [0.717, 1.165) is 0 Å². The molecule has 7 nitrogen and oxygen atoms in total. The third-order valence-electron chi connectivity index (χ3n) is 2.65. The molecule has 0 saturated heterocycles. The van der Waals surface area contributed by atoms with Gasteiger partial charge in [0.15, 0.2) is 11.5 Å². The topological polar surface area (TPSA) is 94.7 Å². The lowest BCUT2D eigenvalue weighted by Gasteiger charge is -2.09. The molecule has 0 unspecified atom stereocenters. The molecule has 2 aromatic rings. The molecule has 1 heterocycles. The van der Waals surface area contributed by atoms with Gasteiger partial charge in [0.1, 0.15) is 0 Å². The molecular formula is C13H14N2O5. The minimum absolute atomic E-state index is 0.0587. The lowest BCUT2D eigenvalue weighted by Crippen LogP contribution is -1.97. The normalized spacial score (nSPS) is 10.3. The Hall–Kier alpha value is -2.57. The Morgan fingerprint density at radius 2 is 2.10 bits per heavy atom. The zero-order valence-electron chi connectivity index (χ0n) is 11.1. The van der Waals surface area contributed by atoms with E-state index in [1.54, 1.807) is 18.2 Å². The second-order valence-electron chi connectivity index (χ2n) is 3.94. The molecule has 0 atom stereocenters. The van der Waals surface area contributed by atoms with E-state index in [2.05, 4.69) is 10.2 Å². The molecular weight excluding hydrogens is 264 g/mol. The Morgan fingerprint density at radius 1 is 1.30 bits per heavy atom. The van der Waals surface area contributed by atoms with Crippen molar-refractivity contribution in [1.82, 2.24) is 10.2 Å². The second kappa shape index (κ2) is 6.05. The van der Waals surface area contributed by atoms with Crippen LogP contribution in [-0.4, -0.2) is 35.5 Å². The van der Waals surface area contributed by atoms with Crippen LogP contribution in [-0.2, 0) is 11.2 Å². The van der Waals surface area contributed by atoms with E-state index in [0.29, 0.717) is 17.1 Å². The molecule has 0 aliphatic heterocycles. The third-order valence-corrected chi connectivity index (χ3v) is 2.65. The summed E-state index contributed by atoms with van der Waals surface area (Å²) in [5.74, 6) is 0.663. The summed E-state index contributed by atoms with van der Waals surface area (Å²) >= 11 is 0. The van der Waals surface area contributed by atoms with Gasteiger partial charge < -0.3 is 19.0 Å². The summed E-state index contributed by atoms with van der Waals surface area (Å²) in [7, 11) is 3.05. The molecule has 0 aliphatic rings. The minimum Gasteiger partial charge on any atom is -0.493 e. The van der Waals surface area contributed by atoms with Crippen molar-refractivity contribution in [2.45, 2.75) is 12.8 Å². The molecule has 1 N–H and O–H groups in total. The third kappa shape index (κ3) is 2.87. The lowest BCUT2D eigenvalue weighted by molar-refractivity contribution is -0.137. The Morgan fingerprint density at radius 3 is 2.75 bits per heavy atom. The molecule has 0 amide bonds. The molecule has 0 fully saturated rings. The number of aromatic nitrogens is 2. The van der Waals surface area contributed by atoms with Gasteiger partial charge in [0.05, 0.1) is 26.2 Å². The van der Waals surface area contributed by atoms with Gasteiger partial charge in [0, 0.05) is 6.42 Å². The number of rotatable bonds is 6. The molecule has 20 heavy (non-hydrogen) atoms. The van der Waals surface area contributed by atoms with Crippen LogP contribution in [0.25, 0.3) is 11.5 Å².